The maximum absolute atomic E-state index is 13.2. The Balaban J connectivity index is 2.37. The molecule has 2 aromatic heterocycles. The van der Waals surface area contributed by atoms with Crippen molar-refractivity contribution in [1.82, 2.24) is 9.55 Å². The minimum Gasteiger partial charge on any atom is -0.368 e. The number of hydrogen-bond acceptors (Lipinski definition) is 4. The summed E-state index contributed by atoms with van der Waals surface area (Å²) >= 11 is 1.64. The molecule has 1 aliphatic carbocycles. The Labute approximate surface area is 139 Å². The van der Waals surface area contributed by atoms with Gasteiger partial charge in [-0.25, -0.2) is 4.98 Å². The zero-order valence-corrected chi connectivity index (χ0v) is 14.7. The van der Waals surface area contributed by atoms with Crippen LogP contribution < -0.4 is 11.3 Å². The van der Waals surface area contributed by atoms with Crippen LogP contribution in [0.1, 0.15) is 68.3 Å². The summed E-state index contributed by atoms with van der Waals surface area (Å²) in [7, 11) is 0. The summed E-state index contributed by atoms with van der Waals surface area (Å²) in [5.74, 6) is 0.244. The lowest BCUT2D eigenvalue weighted by atomic mass is 9.97. The van der Waals surface area contributed by atoms with E-state index in [4.69, 9.17) is 10.7 Å². The minimum absolute atomic E-state index is 0.0552. The monoisotopic (exact) mass is 333 g/mol. The standard InChI is InChI=1S/C17H23N3O2S/c1-4-11(14(18)21)20-15(9(2)3)19-16-13(17(20)22)10-7-5-6-8-12(10)23-16/h9,11H,4-8H2,1-3H3,(H2,18,21). The highest BCUT2D eigenvalue weighted by Gasteiger charge is 2.27. The van der Waals surface area contributed by atoms with Crippen molar-refractivity contribution in [2.75, 3.05) is 0 Å². The second-order valence-electron chi connectivity index (χ2n) is 6.52. The van der Waals surface area contributed by atoms with Crippen LogP contribution in [-0.2, 0) is 17.6 Å². The molecule has 0 spiro atoms. The SMILES string of the molecule is CCC(C(N)=O)n1c(C(C)C)nc2sc3c(c2c1=O)CCCC3. The number of primary amides is 1. The van der Waals surface area contributed by atoms with Crippen molar-refractivity contribution in [2.24, 2.45) is 5.73 Å². The van der Waals surface area contributed by atoms with Crippen LogP contribution in [0.2, 0.25) is 0 Å². The van der Waals surface area contributed by atoms with Crippen molar-refractivity contribution < 1.29 is 4.79 Å². The number of fused-ring (bicyclic) bond motifs is 3. The van der Waals surface area contributed by atoms with Gasteiger partial charge < -0.3 is 5.73 Å². The molecular formula is C17H23N3O2S. The number of thiophene rings is 1. The fourth-order valence-electron chi connectivity index (χ4n) is 3.45. The number of carbonyl (C=O) groups is 1. The quantitative estimate of drug-likeness (QED) is 0.934. The number of hydrogen-bond donors (Lipinski definition) is 1. The molecule has 1 aliphatic rings. The van der Waals surface area contributed by atoms with Crippen LogP contribution >= 0.6 is 11.3 Å². The Morgan fingerprint density at radius 3 is 2.65 bits per heavy atom. The zero-order valence-electron chi connectivity index (χ0n) is 13.9. The second-order valence-corrected chi connectivity index (χ2v) is 7.60. The van der Waals surface area contributed by atoms with Crippen LogP contribution in [0.5, 0.6) is 0 Å². The molecule has 1 atom stereocenters. The van der Waals surface area contributed by atoms with Gasteiger partial charge in [-0.1, -0.05) is 20.8 Å². The third kappa shape index (κ3) is 2.59. The van der Waals surface area contributed by atoms with E-state index in [1.54, 1.807) is 15.9 Å². The van der Waals surface area contributed by atoms with E-state index >= 15 is 0 Å². The number of rotatable bonds is 4. The van der Waals surface area contributed by atoms with E-state index in [1.165, 1.54) is 11.3 Å². The molecule has 2 heterocycles. The van der Waals surface area contributed by atoms with Crippen molar-refractivity contribution >= 4 is 27.5 Å². The second kappa shape index (κ2) is 6.07. The predicted molar refractivity (Wildman–Crippen MR) is 93.1 cm³/mol. The van der Waals surface area contributed by atoms with Gasteiger partial charge in [0.25, 0.3) is 5.56 Å². The molecule has 124 valence electrons. The van der Waals surface area contributed by atoms with Crippen LogP contribution in [0.25, 0.3) is 10.2 Å². The van der Waals surface area contributed by atoms with E-state index < -0.39 is 11.9 Å². The van der Waals surface area contributed by atoms with Crippen LogP contribution in [0.4, 0.5) is 0 Å². The molecule has 0 bridgehead atoms. The van der Waals surface area contributed by atoms with Gasteiger partial charge in [-0.2, -0.15) is 0 Å². The number of aromatic nitrogens is 2. The number of carbonyl (C=O) groups excluding carboxylic acids is 1. The molecular weight excluding hydrogens is 310 g/mol. The number of nitrogens with zero attached hydrogens (tertiary/aromatic N) is 2. The van der Waals surface area contributed by atoms with Gasteiger partial charge in [0.2, 0.25) is 5.91 Å². The number of amides is 1. The van der Waals surface area contributed by atoms with E-state index in [-0.39, 0.29) is 11.5 Å². The molecule has 3 rings (SSSR count). The van der Waals surface area contributed by atoms with Gasteiger partial charge >= 0.3 is 0 Å². The molecule has 0 saturated heterocycles. The van der Waals surface area contributed by atoms with Crippen LogP contribution in [0.3, 0.4) is 0 Å². The topological polar surface area (TPSA) is 78.0 Å². The third-order valence-corrected chi connectivity index (χ3v) is 5.78. The number of nitrogens with two attached hydrogens (primary N) is 1. The average Bonchev–Trinajstić information content (AvgIpc) is 2.88. The Kier molecular flexibility index (Phi) is 4.27. The van der Waals surface area contributed by atoms with E-state index in [9.17, 15) is 9.59 Å². The molecule has 0 fully saturated rings. The van der Waals surface area contributed by atoms with E-state index in [0.29, 0.717) is 17.6 Å². The molecule has 5 nitrogen and oxygen atoms in total. The smallest absolute Gasteiger partial charge is 0.263 e. The van der Waals surface area contributed by atoms with Crippen molar-refractivity contribution in [3.05, 3.63) is 26.6 Å². The molecule has 1 unspecified atom stereocenters. The zero-order chi connectivity index (χ0) is 16.7. The summed E-state index contributed by atoms with van der Waals surface area (Å²) in [6.45, 7) is 5.86. The Morgan fingerprint density at radius 1 is 1.35 bits per heavy atom. The van der Waals surface area contributed by atoms with Gasteiger partial charge in [0.05, 0.1) is 5.39 Å². The van der Waals surface area contributed by atoms with Gasteiger partial charge in [-0.15, -0.1) is 11.3 Å². The highest BCUT2D eigenvalue weighted by Crippen LogP contribution is 2.34. The summed E-state index contributed by atoms with van der Waals surface area (Å²) < 4.78 is 1.55. The van der Waals surface area contributed by atoms with Gasteiger partial charge in [0.1, 0.15) is 16.7 Å². The Morgan fingerprint density at radius 2 is 2.04 bits per heavy atom. The highest BCUT2D eigenvalue weighted by atomic mass is 32.1. The molecule has 2 N–H and O–H groups in total. The first kappa shape index (κ1) is 16.2. The third-order valence-electron chi connectivity index (χ3n) is 4.59. The van der Waals surface area contributed by atoms with Crippen molar-refractivity contribution in [3.63, 3.8) is 0 Å². The van der Waals surface area contributed by atoms with Crippen LogP contribution in [0.15, 0.2) is 4.79 Å². The summed E-state index contributed by atoms with van der Waals surface area (Å²) in [6, 6.07) is -0.629. The fraction of sp³-hybridized carbons (Fsp3) is 0.588. The highest BCUT2D eigenvalue weighted by molar-refractivity contribution is 7.18. The lowest BCUT2D eigenvalue weighted by Crippen LogP contribution is -2.36. The van der Waals surface area contributed by atoms with Crippen LogP contribution in [0, 0.1) is 0 Å². The normalized spacial score (nSPS) is 15.8. The van der Waals surface area contributed by atoms with Gasteiger partial charge in [0.15, 0.2) is 0 Å². The first-order chi connectivity index (χ1) is 11.0. The molecule has 1 amide bonds. The molecule has 2 aromatic rings. The number of aryl methyl sites for hydroxylation is 2. The first-order valence-corrected chi connectivity index (χ1v) is 9.13. The molecule has 0 aromatic carbocycles. The van der Waals surface area contributed by atoms with Gasteiger partial charge in [-0.05, 0) is 37.7 Å². The predicted octanol–water partition coefficient (Wildman–Crippen LogP) is 2.90. The maximum Gasteiger partial charge on any atom is 0.263 e. The summed E-state index contributed by atoms with van der Waals surface area (Å²) in [6.07, 6.45) is 4.73. The van der Waals surface area contributed by atoms with E-state index in [0.717, 1.165) is 29.7 Å². The molecule has 0 saturated carbocycles. The lowest BCUT2D eigenvalue weighted by molar-refractivity contribution is -0.121. The van der Waals surface area contributed by atoms with E-state index in [1.807, 2.05) is 20.8 Å². The molecule has 0 radical (unpaired) electrons. The van der Waals surface area contributed by atoms with Crippen molar-refractivity contribution in [3.8, 4) is 0 Å². The van der Waals surface area contributed by atoms with E-state index in [2.05, 4.69) is 0 Å². The Bertz CT molecular complexity index is 819. The largest absolute Gasteiger partial charge is 0.368 e. The van der Waals surface area contributed by atoms with Gasteiger partial charge in [-0.3, -0.25) is 14.2 Å². The molecule has 6 heteroatoms. The van der Waals surface area contributed by atoms with Crippen LogP contribution in [-0.4, -0.2) is 15.5 Å². The summed E-state index contributed by atoms with van der Waals surface area (Å²) in [5.41, 5.74) is 6.61. The average molecular weight is 333 g/mol. The molecule has 0 aliphatic heterocycles. The van der Waals surface area contributed by atoms with Crippen molar-refractivity contribution in [1.29, 1.82) is 0 Å². The van der Waals surface area contributed by atoms with Crippen molar-refractivity contribution in [2.45, 2.75) is 64.8 Å². The maximum atomic E-state index is 13.2. The first-order valence-electron chi connectivity index (χ1n) is 8.31. The summed E-state index contributed by atoms with van der Waals surface area (Å²) in [4.78, 5) is 31.9. The minimum atomic E-state index is -0.629. The van der Waals surface area contributed by atoms with Gasteiger partial charge in [0, 0.05) is 10.8 Å². The lowest BCUT2D eigenvalue weighted by Gasteiger charge is -2.21. The Hall–Kier alpha value is -1.69. The fourth-order valence-corrected chi connectivity index (χ4v) is 4.71. The molecule has 23 heavy (non-hydrogen) atoms. The summed E-state index contributed by atoms with van der Waals surface area (Å²) in [5, 5.41) is 0.716.